The summed E-state index contributed by atoms with van der Waals surface area (Å²) in [6.45, 7) is -0.0233. The highest BCUT2D eigenvalue weighted by molar-refractivity contribution is 5.92. The summed E-state index contributed by atoms with van der Waals surface area (Å²) in [6.07, 6.45) is 0.806. The van der Waals surface area contributed by atoms with Crippen LogP contribution in [0.3, 0.4) is 0 Å². The summed E-state index contributed by atoms with van der Waals surface area (Å²) in [5.74, 6) is -2.94. The van der Waals surface area contributed by atoms with Crippen molar-refractivity contribution in [1.29, 1.82) is 0 Å². The molecule has 0 aromatic heterocycles. The lowest BCUT2D eigenvalue weighted by Gasteiger charge is -2.17. The molecule has 2 aromatic carbocycles. The Balaban J connectivity index is 1.98. The van der Waals surface area contributed by atoms with Gasteiger partial charge in [-0.25, -0.2) is 0 Å². The zero-order chi connectivity index (χ0) is 22.6. The van der Waals surface area contributed by atoms with Crippen LogP contribution in [0.25, 0.3) is 0 Å². The summed E-state index contributed by atoms with van der Waals surface area (Å²) in [4.78, 5) is 40.5. The molecule has 0 saturated carbocycles. The van der Waals surface area contributed by atoms with Gasteiger partial charge in [0.1, 0.15) is 5.92 Å². The predicted octanol–water partition coefficient (Wildman–Crippen LogP) is 0.385. The highest BCUT2D eigenvalue weighted by atomic mass is 16.6. The first-order valence-corrected chi connectivity index (χ1v) is 9.81. The maximum absolute atomic E-state index is 12.8. The minimum Gasteiger partial charge on any atom is -0.391 e. The van der Waals surface area contributed by atoms with Gasteiger partial charge in [-0.2, -0.15) is 0 Å². The van der Waals surface area contributed by atoms with Gasteiger partial charge in [-0.05, 0) is 24.0 Å². The van der Waals surface area contributed by atoms with E-state index in [1.807, 2.05) is 36.4 Å². The van der Waals surface area contributed by atoms with E-state index in [4.69, 9.17) is 21.9 Å². The van der Waals surface area contributed by atoms with Gasteiger partial charge in [-0.1, -0.05) is 60.7 Å². The van der Waals surface area contributed by atoms with Crippen molar-refractivity contribution >= 4 is 23.8 Å². The summed E-state index contributed by atoms with van der Waals surface area (Å²) >= 11 is 0. The number of carbonyl (C=O) groups is 3. The molecule has 0 bridgehead atoms. The number of nitrogens with one attached hydrogen (secondary N) is 1. The number of guanidine groups is 1. The lowest BCUT2D eigenvalue weighted by molar-refractivity contribution is -0.159. The fourth-order valence-corrected chi connectivity index (χ4v) is 3.02. The van der Waals surface area contributed by atoms with Crippen LogP contribution in [0.1, 0.15) is 29.9 Å². The summed E-state index contributed by atoms with van der Waals surface area (Å²) in [5.41, 5.74) is 17.3. The fraction of sp³-hybridized carbons (Fsp3) is 0.273. The predicted molar refractivity (Wildman–Crippen MR) is 117 cm³/mol. The lowest BCUT2D eigenvalue weighted by Crippen LogP contribution is -2.44. The second-order valence-electron chi connectivity index (χ2n) is 6.83. The van der Waals surface area contributed by atoms with Crippen molar-refractivity contribution in [2.75, 3.05) is 13.1 Å². The molecule has 9 heteroatoms. The van der Waals surface area contributed by atoms with Crippen LogP contribution in [-0.4, -0.2) is 42.9 Å². The van der Waals surface area contributed by atoms with Crippen molar-refractivity contribution in [3.05, 3.63) is 71.8 Å². The first-order chi connectivity index (χ1) is 14.9. The molecular weight excluding hydrogens is 398 g/mol. The highest BCUT2D eigenvalue weighted by Gasteiger charge is 2.26. The molecule has 1 atom stereocenters. The van der Waals surface area contributed by atoms with E-state index in [2.05, 4.69) is 10.3 Å². The Morgan fingerprint density at radius 3 is 1.94 bits per heavy atom. The smallest absolute Gasteiger partial charge is 0.327 e. The topological polar surface area (TPSA) is 163 Å². The zero-order valence-electron chi connectivity index (χ0n) is 17.1. The van der Waals surface area contributed by atoms with E-state index in [1.54, 1.807) is 24.3 Å². The first kappa shape index (κ1) is 23.6. The van der Waals surface area contributed by atoms with E-state index >= 15 is 0 Å². The number of nitrogens with two attached hydrogens (primary N) is 3. The molecule has 0 heterocycles. The quantitative estimate of drug-likeness (QED) is 0.133. The minimum absolute atomic E-state index is 0.0444. The number of nitrogens with zero attached hydrogens (tertiary/aromatic N) is 1. The maximum Gasteiger partial charge on any atom is 0.327 e. The molecule has 1 amide bonds. The SMILES string of the molecule is NC(=O)[C@H](CCCN=C(N)N)NCC(=O)OC(=O)C(c1ccccc1)c1ccccc1. The molecule has 2 aromatic rings. The fourth-order valence-electron chi connectivity index (χ4n) is 3.02. The average molecular weight is 425 g/mol. The Kier molecular flexibility index (Phi) is 9.18. The van der Waals surface area contributed by atoms with Crippen LogP contribution in [0.2, 0.25) is 0 Å². The summed E-state index contributed by atoms with van der Waals surface area (Å²) < 4.78 is 5.06. The van der Waals surface area contributed by atoms with Crippen LogP contribution in [-0.2, 0) is 19.1 Å². The molecule has 164 valence electrons. The third-order valence-electron chi connectivity index (χ3n) is 4.50. The molecule has 0 aliphatic heterocycles. The number of primary amides is 1. The molecule has 31 heavy (non-hydrogen) atoms. The number of ether oxygens (including phenoxy) is 1. The molecule has 2 rings (SSSR count). The Bertz CT molecular complexity index is 859. The van der Waals surface area contributed by atoms with E-state index in [1.165, 1.54) is 0 Å². The Hall–Kier alpha value is -3.72. The van der Waals surface area contributed by atoms with E-state index in [0.29, 0.717) is 30.5 Å². The maximum atomic E-state index is 12.8. The Labute approximate surface area is 180 Å². The molecule has 9 nitrogen and oxygen atoms in total. The average Bonchev–Trinajstić information content (AvgIpc) is 2.74. The van der Waals surface area contributed by atoms with Crippen LogP contribution < -0.4 is 22.5 Å². The first-order valence-electron chi connectivity index (χ1n) is 9.81. The van der Waals surface area contributed by atoms with Gasteiger partial charge in [0.05, 0.1) is 12.6 Å². The Morgan fingerprint density at radius 1 is 0.903 bits per heavy atom. The molecule has 0 fully saturated rings. The molecule has 0 radical (unpaired) electrons. The molecule has 0 unspecified atom stereocenters. The van der Waals surface area contributed by atoms with Crippen molar-refractivity contribution in [2.24, 2.45) is 22.2 Å². The van der Waals surface area contributed by atoms with Gasteiger partial charge in [0.25, 0.3) is 0 Å². The largest absolute Gasteiger partial charge is 0.391 e. The van der Waals surface area contributed by atoms with Gasteiger partial charge >= 0.3 is 11.9 Å². The van der Waals surface area contributed by atoms with Crippen LogP contribution in [0.4, 0.5) is 0 Å². The van der Waals surface area contributed by atoms with E-state index in [-0.39, 0.29) is 12.5 Å². The minimum atomic E-state index is -0.808. The zero-order valence-corrected chi connectivity index (χ0v) is 17.1. The van der Waals surface area contributed by atoms with Gasteiger partial charge in [0, 0.05) is 6.54 Å². The van der Waals surface area contributed by atoms with Gasteiger partial charge < -0.3 is 21.9 Å². The van der Waals surface area contributed by atoms with Gasteiger partial charge in [0.2, 0.25) is 5.91 Å². The van der Waals surface area contributed by atoms with Crippen LogP contribution in [0.15, 0.2) is 65.7 Å². The normalized spacial score (nSPS) is 11.5. The third kappa shape index (κ3) is 7.90. The monoisotopic (exact) mass is 425 g/mol. The molecular formula is C22H27N5O4. The molecule has 0 saturated heterocycles. The van der Waals surface area contributed by atoms with Crippen LogP contribution >= 0.6 is 0 Å². The van der Waals surface area contributed by atoms with Gasteiger partial charge in [0.15, 0.2) is 5.96 Å². The van der Waals surface area contributed by atoms with Crippen molar-refractivity contribution in [1.82, 2.24) is 5.32 Å². The summed E-state index contributed by atoms with van der Waals surface area (Å²) in [5, 5.41) is 2.72. The molecule has 0 aliphatic carbocycles. The highest BCUT2D eigenvalue weighted by Crippen LogP contribution is 2.25. The van der Waals surface area contributed by atoms with E-state index in [9.17, 15) is 14.4 Å². The van der Waals surface area contributed by atoms with Gasteiger partial charge in [-0.3, -0.25) is 24.7 Å². The van der Waals surface area contributed by atoms with Crippen molar-refractivity contribution < 1.29 is 19.1 Å². The Morgan fingerprint density at radius 2 is 1.45 bits per heavy atom. The van der Waals surface area contributed by atoms with Crippen molar-refractivity contribution in [2.45, 2.75) is 24.8 Å². The summed E-state index contributed by atoms with van der Waals surface area (Å²) in [7, 11) is 0. The third-order valence-corrected chi connectivity index (χ3v) is 4.50. The number of esters is 2. The number of carbonyl (C=O) groups excluding carboxylic acids is 3. The standard InChI is InChI=1S/C22H27N5O4/c23-20(29)17(12-7-13-26-22(24)25)27-14-18(28)31-21(30)19(15-8-3-1-4-9-15)16-10-5-2-6-11-16/h1-6,8-11,17,19,27H,7,12-14H2,(H2,23,29)(H4,24,25,26)/t17-/m0/s1. The number of hydrogen-bond donors (Lipinski definition) is 4. The second-order valence-corrected chi connectivity index (χ2v) is 6.83. The molecule has 0 spiro atoms. The van der Waals surface area contributed by atoms with Gasteiger partial charge in [-0.15, -0.1) is 0 Å². The second kappa shape index (κ2) is 12.1. The molecule has 0 aliphatic rings. The van der Waals surface area contributed by atoms with E-state index in [0.717, 1.165) is 0 Å². The number of rotatable bonds is 11. The lowest BCUT2D eigenvalue weighted by atomic mass is 9.91. The number of amides is 1. The number of benzene rings is 2. The molecule has 7 N–H and O–H groups in total. The van der Waals surface area contributed by atoms with E-state index < -0.39 is 29.8 Å². The van der Waals surface area contributed by atoms with Crippen LogP contribution in [0, 0.1) is 0 Å². The van der Waals surface area contributed by atoms with Crippen molar-refractivity contribution in [3.8, 4) is 0 Å². The number of hydrogen-bond acceptors (Lipinski definition) is 6. The van der Waals surface area contributed by atoms with Crippen LogP contribution in [0.5, 0.6) is 0 Å². The summed E-state index contributed by atoms with van der Waals surface area (Å²) in [6, 6.07) is 17.3. The van der Waals surface area contributed by atoms with Crippen molar-refractivity contribution in [3.63, 3.8) is 0 Å². The number of aliphatic imine (C=N–C) groups is 1.